The average molecular weight is 327 g/mol. The van der Waals surface area contributed by atoms with E-state index in [9.17, 15) is 14.7 Å². The van der Waals surface area contributed by atoms with Crippen LogP contribution in [0.4, 0.5) is 0 Å². The minimum absolute atomic E-state index is 0. The molecule has 2 unspecified atom stereocenters. The Bertz CT molecular complexity index is 317. The summed E-state index contributed by atoms with van der Waals surface area (Å²) < 4.78 is 5.70. The molecule has 0 aliphatic rings. The highest BCUT2D eigenvalue weighted by Crippen LogP contribution is 2.10. The van der Waals surface area contributed by atoms with E-state index in [1.54, 1.807) is 0 Å². The van der Waals surface area contributed by atoms with Crippen molar-refractivity contribution in [1.82, 2.24) is 0 Å². The van der Waals surface area contributed by atoms with E-state index < -0.39 is 24.1 Å². The van der Waals surface area contributed by atoms with E-state index in [1.165, 1.54) is 0 Å². The molecule has 0 amide bonds. The van der Waals surface area contributed by atoms with Crippen molar-refractivity contribution < 1.29 is 29.0 Å². The second kappa shape index (κ2) is 10.8. The van der Waals surface area contributed by atoms with Gasteiger partial charge in [-0.25, -0.2) is 0 Å². The highest BCUT2D eigenvalue weighted by Gasteiger charge is 2.25. The van der Waals surface area contributed by atoms with E-state index in [0.29, 0.717) is 17.4 Å². The molecular weight excluding hydrogens is 298 g/mol. The van der Waals surface area contributed by atoms with Crippen LogP contribution in [-0.2, 0) is 14.3 Å². The summed E-state index contributed by atoms with van der Waals surface area (Å²) in [6.45, 7) is 2.43. The number of aliphatic carboxylic acids is 1. The second-order valence-electron chi connectivity index (χ2n) is 6.18. The van der Waals surface area contributed by atoms with Crippen LogP contribution in [0.3, 0.4) is 0 Å². The zero-order valence-electron chi connectivity index (χ0n) is 13.4. The summed E-state index contributed by atoms with van der Waals surface area (Å²) >= 11 is 0. The quantitative estimate of drug-likeness (QED) is 0.469. The molecule has 0 saturated carbocycles. The Balaban J connectivity index is 0. The molecule has 0 spiro atoms. The van der Waals surface area contributed by atoms with Crippen molar-refractivity contribution in [3.8, 4) is 0 Å². The van der Waals surface area contributed by atoms with E-state index in [2.05, 4.69) is 0 Å². The fourth-order valence-electron chi connectivity index (χ4n) is 1.92. The van der Waals surface area contributed by atoms with Crippen LogP contribution in [0.1, 0.15) is 39.0 Å². The number of aliphatic hydroxyl groups is 1. The topological polar surface area (TPSA) is 83.8 Å². The Kier molecular flexibility index (Phi) is 11.6. The van der Waals surface area contributed by atoms with Crippen molar-refractivity contribution >= 4 is 24.3 Å². The number of nitrogens with zero attached hydrogens (tertiary/aromatic N) is 1. The van der Waals surface area contributed by atoms with Gasteiger partial charge in [-0.15, -0.1) is 12.4 Å². The lowest BCUT2D eigenvalue weighted by molar-refractivity contribution is -0.873. The van der Waals surface area contributed by atoms with Crippen LogP contribution in [0.2, 0.25) is 0 Å². The molecule has 21 heavy (non-hydrogen) atoms. The van der Waals surface area contributed by atoms with Gasteiger partial charge in [0.1, 0.15) is 6.54 Å². The number of ether oxygens (including phenoxy) is 1. The smallest absolute Gasteiger partial charge is 0.308 e. The molecule has 0 aliphatic heterocycles. The fourth-order valence-corrected chi connectivity index (χ4v) is 1.92. The number of halogens is 1. The van der Waals surface area contributed by atoms with Crippen LogP contribution in [0, 0.1) is 0 Å². The molecule has 0 saturated heterocycles. The highest BCUT2D eigenvalue weighted by molar-refractivity contribution is 5.85. The van der Waals surface area contributed by atoms with Gasteiger partial charge in [-0.05, 0) is 6.42 Å². The maximum atomic E-state index is 11.7. The molecule has 0 bridgehead atoms. The lowest BCUT2D eigenvalue weighted by atomic mass is 10.1. The molecule has 0 rings (SSSR count). The normalized spacial score (nSPS) is 14.0. The molecule has 6 nitrogen and oxygen atoms in total. The SMILES string of the molecule is CCCCC(O)CC(=O)OC(CC(=O)O)C[N+](C)(C)C.Cl. The number of likely N-dealkylation sites (N-methyl/N-ethyl adjacent to an activating group) is 1. The van der Waals surface area contributed by atoms with E-state index in [4.69, 9.17) is 9.84 Å². The Morgan fingerprint density at radius 2 is 1.76 bits per heavy atom. The van der Waals surface area contributed by atoms with Gasteiger partial charge < -0.3 is 19.4 Å². The predicted octanol–water partition coefficient (Wildman–Crippen LogP) is 1.44. The first-order valence-corrected chi connectivity index (χ1v) is 7.03. The minimum atomic E-state index is -0.997. The molecule has 0 fully saturated rings. The highest BCUT2D eigenvalue weighted by atomic mass is 35.5. The first-order chi connectivity index (χ1) is 9.14. The summed E-state index contributed by atoms with van der Waals surface area (Å²) in [5, 5.41) is 18.5. The Labute approximate surface area is 133 Å². The van der Waals surface area contributed by atoms with Gasteiger partial charge in [0.25, 0.3) is 0 Å². The molecule has 0 aromatic heterocycles. The van der Waals surface area contributed by atoms with Gasteiger partial charge in [-0.3, -0.25) is 9.59 Å². The summed E-state index contributed by atoms with van der Waals surface area (Å²) in [6, 6.07) is 0. The van der Waals surface area contributed by atoms with Crippen LogP contribution < -0.4 is 0 Å². The Morgan fingerprint density at radius 1 is 1.19 bits per heavy atom. The van der Waals surface area contributed by atoms with Crippen molar-refractivity contribution in [3.63, 3.8) is 0 Å². The minimum Gasteiger partial charge on any atom is -0.481 e. The monoisotopic (exact) mass is 326 g/mol. The second-order valence-corrected chi connectivity index (χ2v) is 6.18. The number of hydrogen-bond acceptors (Lipinski definition) is 4. The summed E-state index contributed by atoms with van der Waals surface area (Å²) in [7, 11) is 5.70. The van der Waals surface area contributed by atoms with Gasteiger partial charge in [0.2, 0.25) is 0 Å². The third kappa shape index (κ3) is 13.9. The molecule has 7 heteroatoms. The maximum Gasteiger partial charge on any atom is 0.308 e. The van der Waals surface area contributed by atoms with Gasteiger partial charge in [-0.1, -0.05) is 19.8 Å². The van der Waals surface area contributed by atoms with Gasteiger partial charge in [0.05, 0.1) is 40.1 Å². The van der Waals surface area contributed by atoms with Crippen LogP contribution in [0.25, 0.3) is 0 Å². The average Bonchev–Trinajstić information content (AvgIpc) is 2.22. The Morgan fingerprint density at radius 3 is 2.19 bits per heavy atom. The first kappa shape index (κ1) is 22.4. The van der Waals surface area contributed by atoms with E-state index in [0.717, 1.165) is 12.8 Å². The largest absolute Gasteiger partial charge is 0.481 e. The van der Waals surface area contributed by atoms with Crippen LogP contribution in [0.5, 0.6) is 0 Å². The van der Waals surface area contributed by atoms with E-state index in [-0.39, 0.29) is 25.2 Å². The number of carboxylic acid groups (broad SMARTS) is 1. The molecule has 2 atom stereocenters. The van der Waals surface area contributed by atoms with Gasteiger partial charge in [0, 0.05) is 0 Å². The number of carbonyl (C=O) groups is 2. The molecule has 126 valence electrons. The number of unbranched alkanes of at least 4 members (excludes halogenated alkanes) is 1. The van der Waals surface area contributed by atoms with Crippen LogP contribution in [-0.4, -0.2) is 66.5 Å². The maximum absolute atomic E-state index is 11.7. The number of carboxylic acids is 1. The molecule has 0 aliphatic carbocycles. The lowest BCUT2D eigenvalue weighted by Crippen LogP contribution is -2.44. The zero-order valence-corrected chi connectivity index (χ0v) is 14.2. The molecular formula is C14H29ClNO5+. The number of quaternary nitrogens is 1. The molecule has 0 aromatic carbocycles. The van der Waals surface area contributed by atoms with Gasteiger partial charge >= 0.3 is 11.9 Å². The fraction of sp³-hybridized carbons (Fsp3) is 0.857. The summed E-state index contributed by atoms with van der Waals surface area (Å²) in [4.78, 5) is 22.5. The van der Waals surface area contributed by atoms with Gasteiger partial charge in [-0.2, -0.15) is 0 Å². The van der Waals surface area contributed by atoms with Crippen molar-refractivity contribution in [3.05, 3.63) is 0 Å². The van der Waals surface area contributed by atoms with Crippen LogP contribution in [0.15, 0.2) is 0 Å². The zero-order chi connectivity index (χ0) is 15.8. The number of esters is 1. The number of rotatable bonds is 10. The summed E-state index contributed by atoms with van der Waals surface area (Å²) in [6.07, 6.45) is 0.695. The van der Waals surface area contributed by atoms with Crippen LogP contribution >= 0.6 is 12.4 Å². The van der Waals surface area contributed by atoms with Crippen molar-refractivity contribution in [2.24, 2.45) is 0 Å². The molecule has 0 radical (unpaired) electrons. The first-order valence-electron chi connectivity index (χ1n) is 7.03. The van der Waals surface area contributed by atoms with Gasteiger partial charge in [0.15, 0.2) is 6.10 Å². The number of aliphatic hydroxyl groups excluding tert-OH is 1. The number of carbonyl (C=O) groups excluding carboxylic acids is 1. The van der Waals surface area contributed by atoms with E-state index >= 15 is 0 Å². The van der Waals surface area contributed by atoms with Crippen molar-refractivity contribution in [2.75, 3.05) is 27.7 Å². The molecule has 0 aromatic rings. The Hall–Kier alpha value is -0.850. The molecule has 2 N–H and O–H groups in total. The molecule has 0 heterocycles. The standard InChI is InChI=1S/C14H27NO5.ClH/c1-5-6-7-11(16)8-14(19)20-12(9-13(17)18)10-15(2,3)4;/h11-12,16H,5-10H2,1-4H3;1H/p+1. The lowest BCUT2D eigenvalue weighted by Gasteiger charge is -2.28. The third-order valence-corrected chi connectivity index (χ3v) is 2.74. The van der Waals surface area contributed by atoms with E-state index in [1.807, 2.05) is 28.1 Å². The summed E-state index contributed by atoms with van der Waals surface area (Å²) in [5.74, 6) is -1.53. The third-order valence-electron chi connectivity index (χ3n) is 2.74. The van der Waals surface area contributed by atoms with Crippen molar-refractivity contribution in [2.45, 2.75) is 51.2 Å². The van der Waals surface area contributed by atoms with Crippen molar-refractivity contribution in [1.29, 1.82) is 0 Å². The number of hydrogen-bond donors (Lipinski definition) is 2. The summed E-state index contributed by atoms with van der Waals surface area (Å²) in [5.41, 5.74) is 0. The predicted molar refractivity (Wildman–Crippen MR) is 82.4 cm³/mol.